The van der Waals surface area contributed by atoms with E-state index in [1.54, 1.807) is 12.4 Å². The predicted molar refractivity (Wildman–Crippen MR) is 82.8 cm³/mol. The number of carbonyl (C=O) groups excluding carboxylic acids is 1. The molecule has 0 aliphatic carbocycles. The number of carbonyl (C=O) groups is 1. The molecule has 1 atom stereocenters. The molecular weight excluding hydrogens is 248 g/mol. The van der Waals surface area contributed by atoms with Crippen molar-refractivity contribution in [1.82, 2.24) is 9.97 Å². The van der Waals surface area contributed by atoms with E-state index in [2.05, 4.69) is 23.8 Å². The number of ketones is 1. The fourth-order valence-electron chi connectivity index (χ4n) is 2.51. The monoisotopic (exact) mass is 276 g/mol. The first-order valence-corrected chi connectivity index (χ1v) is 8.08. The van der Waals surface area contributed by atoms with E-state index >= 15 is 0 Å². The molecule has 1 aromatic rings. The van der Waals surface area contributed by atoms with Gasteiger partial charge in [-0.05, 0) is 12.8 Å². The van der Waals surface area contributed by atoms with Gasteiger partial charge in [0, 0.05) is 18.3 Å². The highest BCUT2D eigenvalue weighted by Gasteiger charge is 2.19. The Kier molecular flexibility index (Phi) is 8.84. The molecular formula is C17H28N2O. The Bertz CT molecular complexity index is 365. The minimum atomic E-state index is 0.155. The highest BCUT2D eigenvalue weighted by molar-refractivity contribution is 5.97. The van der Waals surface area contributed by atoms with Crippen LogP contribution in [0.3, 0.4) is 0 Å². The van der Waals surface area contributed by atoms with E-state index in [1.807, 2.05) is 0 Å². The third kappa shape index (κ3) is 6.27. The van der Waals surface area contributed by atoms with Gasteiger partial charge in [-0.1, -0.05) is 58.8 Å². The molecule has 0 N–H and O–H groups in total. The highest BCUT2D eigenvalue weighted by atomic mass is 16.1. The van der Waals surface area contributed by atoms with E-state index in [0.29, 0.717) is 5.56 Å². The van der Waals surface area contributed by atoms with Crippen molar-refractivity contribution >= 4 is 5.78 Å². The van der Waals surface area contributed by atoms with Gasteiger partial charge in [-0.15, -0.1) is 0 Å². The van der Waals surface area contributed by atoms with Gasteiger partial charge < -0.3 is 0 Å². The van der Waals surface area contributed by atoms with Crippen LogP contribution in [-0.4, -0.2) is 15.8 Å². The van der Waals surface area contributed by atoms with Crippen molar-refractivity contribution in [1.29, 1.82) is 0 Å². The summed E-state index contributed by atoms with van der Waals surface area (Å²) in [4.78, 5) is 20.4. The molecule has 112 valence electrons. The number of hydrogen-bond donors (Lipinski definition) is 0. The Morgan fingerprint density at radius 2 is 1.55 bits per heavy atom. The molecule has 1 unspecified atom stereocenters. The topological polar surface area (TPSA) is 42.9 Å². The molecule has 0 aliphatic heterocycles. The summed E-state index contributed by atoms with van der Waals surface area (Å²) < 4.78 is 0. The van der Waals surface area contributed by atoms with E-state index < -0.39 is 0 Å². The van der Waals surface area contributed by atoms with Crippen LogP contribution < -0.4 is 0 Å². The summed E-state index contributed by atoms with van der Waals surface area (Å²) in [6.07, 6.45) is 15.3. The molecule has 0 spiro atoms. The van der Waals surface area contributed by atoms with Crippen molar-refractivity contribution in [2.24, 2.45) is 5.92 Å². The molecule has 0 bridgehead atoms. The summed E-state index contributed by atoms with van der Waals surface area (Å²) in [7, 11) is 0. The average Bonchev–Trinajstić information content (AvgIpc) is 2.50. The lowest BCUT2D eigenvalue weighted by molar-refractivity contribution is 0.0901. The van der Waals surface area contributed by atoms with Crippen LogP contribution >= 0.6 is 0 Å². The normalized spacial score (nSPS) is 12.3. The quantitative estimate of drug-likeness (QED) is 0.429. The Morgan fingerprint density at radius 3 is 2.20 bits per heavy atom. The molecule has 20 heavy (non-hydrogen) atoms. The highest BCUT2D eigenvalue weighted by Crippen LogP contribution is 2.21. The van der Waals surface area contributed by atoms with Crippen LogP contribution in [0.5, 0.6) is 0 Å². The van der Waals surface area contributed by atoms with Gasteiger partial charge in [-0.2, -0.15) is 0 Å². The van der Waals surface area contributed by atoms with Gasteiger partial charge in [-0.3, -0.25) is 4.79 Å². The smallest absolute Gasteiger partial charge is 0.169 e. The van der Waals surface area contributed by atoms with Gasteiger partial charge in [-0.25, -0.2) is 9.97 Å². The summed E-state index contributed by atoms with van der Waals surface area (Å²) in [6, 6.07) is 0. The van der Waals surface area contributed by atoms with Crippen LogP contribution in [-0.2, 0) is 0 Å². The largest absolute Gasteiger partial charge is 0.294 e. The van der Waals surface area contributed by atoms with Gasteiger partial charge in [0.05, 0.1) is 5.56 Å². The SMILES string of the molecule is CCCCCCCC(CCCC)C(=O)c1cncnc1. The standard InChI is InChI=1S/C17H28N2O/c1-3-5-7-8-9-11-15(10-6-4-2)17(20)16-12-18-14-19-13-16/h12-15H,3-11H2,1-2H3. The Morgan fingerprint density at radius 1 is 0.950 bits per heavy atom. The van der Waals surface area contributed by atoms with Gasteiger partial charge in [0.25, 0.3) is 0 Å². The third-order valence-corrected chi connectivity index (χ3v) is 3.78. The fraction of sp³-hybridized carbons (Fsp3) is 0.706. The Labute approximate surface area is 123 Å². The van der Waals surface area contributed by atoms with Crippen molar-refractivity contribution < 1.29 is 4.79 Å². The lowest BCUT2D eigenvalue weighted by Gasteiger charge is -2.15. The summed E-state index contributed by atoms with van der Waals surface area (Å²) in [6.45, 7) is 4.40. The molecule has 1 aromatic heterocycles. The van der Waals surface area contributed by atoms with E-state index in [9.17, 15) is 4.79 Å². The van der Waals surface area contributed by atoms with Gasteiger partial charge >= 0.3 is 0 Å². The molecule has 0 saturated heterocycles. The maximum Gasteiger partial charge on any atom is 0.169 e. The molecule has 1 rings (SSSR count). The molecule has 0 radical (unpaired) electrons. The van der Waals surface area contributed by atoms with Crippen molar-refractivity contribution in [3.8, 4) is 0 Å². The fourth-order valence-corrected chi connectivity index (χ4v) is 2.51. The summed E-state index contributed by atoms with van der Waals surface area (Å²) in [5, 5.41) is 0. The van der Waals surface area contributed by atoms with E-state index in [1.165, 1.54) is 32.0 Å². The molecule has 3 nitrogen and oxygen atoms in total. The van der Waals surface area contributed by atoms with Crippen LogP contribution in [0, 0.1) is 5.92 Å². The lowest BCUT2D eigenvalue weighted by atomic mass is 9.89. The number of nitrogens with zero attached hydrogens (tertiary/aromatic N) is 2. The zero-order valence-electron chi connectivity index (χ0n) is 13.0. The van der Waals surface area contributed by atoms with Gasteiger partial charge in [0.15, 0.2) is 5.78 Å². The Hall–Kier alpha value is -1.25. The first kappa shape index (κ1) is 16.8. The zero-order valence-corrected chi connectivity index (χ0v) is 13.0. The molecule has 3 heteroatoms. The molecule has 0 amide bonds. The second-order valence-corrected chi connectivity index (χ2v) is 5.53. The maximum absolute atomic E-state index is 12.5. The minimum absolute atomic E-state index is 0.155. The number of hydrogen-bond acceptors (Lipinski definition) is 3. The van der Waals surface area contributed by atoms with Crippen LogP contribution in [0.1, 0.15) is 82.0 Å². The first-order valence-electron chi connectivity index (χ1n) is 8.08. The number of unbranched alkanes of at least 4 members (excludes halogenated alkanes) is 5. The molecule has 0 saturated carbocycles. The Balaban J connectivity index is 2.48. The molecule has 0 fully saturated rings. The number of Topliss-reactive ketones (excluding diaryl/α,β-unsaturated/α-hetero) is 1. The van der Waals surface area contributed by atoms with Crippen LogP contribution in [0.2, 0.25) is 0 Å². The van der Waals surface area contributed by atoms with Crippen molar-refractivity contribution in [3.05, 3.63) is 24.3 Å². The third-order valence-electron chi connectivity index (χ3n) is 3.78. The number of rotatable bonds is 11. The number of aromatic nitrogens is 2. The second kappa shape index (κ2) is 10.5. The van der Waals surface area contributed by atoms with Crippen molar-refractivity contribution in [2.45, 2.75) is 71.6 Å². The summed E-state index contributed by atoms with van der Waals surface area (Å²) in [5.74, 6) is 0.386. The van der Waals surface area contributed by atoms with Crippen molar-refractivity contribution in [2.75, 3.05) is 0 Å². The first-order chi connectivity index (χ1) is 9.79. The minimum Gasteiger partial charge on any atom is -0.294 e. The lowest BCUT2D eigenvalue weighted by Crippen LogP contribution is -2.15. The average molecular weight is 276 g/mol. The van der Waals surface area contributed by atoms with Crippen LogP contribution in [0.15, 0.2) is 18.7 Å². The zero-order chi connectivity index (χ0) is 14.6. The molecule has 0 aliphatic rings. The predicted octanol–water partition coefficient (Wildman–Crippen LogP) is 4.83. The van der Waals surface area contributed by atoms with E-state index in [4.69, 9.17) is 0 Å². The van der Waals surface area contributed by atoms with Gasteiger partial charge in [0.2, 0.25) is 0 Å². The van der Waals surface area contributed by atoms with Gasteiger partial charge in [0.1, 0.15) is 6.33 Å². The van der Waals surface area contributed by atoms with E-state index in [0.717, 1.165) is 32.1 Å². The summed E-state index contributed by atoms with van der Waals surface area (Å²) in [5.41, 5.74) is 0.669. The van der Waals surface area contributed by atoms with Crippen molar-refractivity contribution in [3.63, 3.8) is 0 Å². The van der Waals surface area contributed by atoms with E-state index in [-0.39, 0.29) is 11.7 Å². The molecule has 1 heterocycles. The second-order valence-electron chi connectivity index (χ2n) is 5.53. The summed E-state index contributed by atoms with van der Waals surface area (Å²) >= 11 is 0. The molecule has 0 aromatic carbocycles. The van der Waals surface area contributed by atoms with Crippen LogP contribution in [0.4, 0.5) is 0 Å². The maximum atomic E-state index is 12.5. The van der Waals surface area contributed by atoms with Crippen LogP contribution in [0.25, 0.3) is 0 Å².